The summed E-state index contributed by atoms with van der Waals surface area (Å²) in [7, 11) is -3.94. The molecule has 1 aromatic heterocycles. The lowest BCUT2D eigenvalue weighted by atomic mass is 10.4. The summed E-state index contributed by atoms with van der Waals surface area (Å²) in [5, 5.41) is 8.76. The SMILES string of the molecule is CCOC(=O)CN(CC)S(=O)(=O)c1c[nH]c(C(=O)O)c1. The van der Waals surface area contributed by atoms with Crippen LogP contribution in [-0.4, -0.2) is 54.4 Å². The average Bonchev–Trinajstić information content (AvgIpc) is 2.86. The van der Waals surface area contributed by atoms with Gasteiger partial charge in [-0.15, -0.1) is 0 Å². The highest BCUT2D eigenvalue weighted by Crippen LogP contribution is 2.16. The molecule has 9 heteroatoms. The average molecular weight is 304 g/mol. The van der Waals surface area contributed by atoms with Gasteiger partial charge in [-0.2, -0.15) is 4.31 Å². The van der Waals surface area contributed by atoms with Crippen LogP contribution in [0.15, 0.2) is 17.2 Å². The molecule has 1 rings (SSSR count). The van der Waals surface area contributed by atoms with Crippen molar-refractivity contribution in [2.24, 2.45) is 0 Å². The van der Waals surface area contributed by atoms with Crippen molar-refractivity contribution in [1.29, 1.82) is 0 Å². The van der Waals surface area contributed by atoms with Crippen LogP contribution in [-0.2, 0) is 19.6 Å². The van der Waals surface area contributed by atoms with Crippen molar-refractivity contribution in [3.05, 3.63) is 18.0 Å². The Kier molecular flexibility index (Phi) is 5.28. The van der Waals surface area contributed by atoms with Crippen LogP contribution in [0.25, 0.3) is 0 Å². The second-order valence-corrected chi connectivity index (χ2v) is 5.73. The summed E-state index contributed by atoms with van der Waals surface area (Å²) in [5.74, 6) is -1.92. The third-order valence-corrected chi connectivity index (χ3v) is 4.39. The summed E-state index contributed by atoms with van der Waals surface area (Å²) in [6.07, 6.45) is 1.08. The molecule has 0 aliphatic heterocycles. The summed E-state index contributed by atoms with van der Waals surface area (Å²) in [5.41, 5.74) is -0.240. The number of hydrogen-bond acceptors (Lipinski definition) is 5. The topological polar surface area (TPSA) is 117 Å². The Morgan fingerprint density at radius 2 is 2.05 bits per heavy atom. The van der Waals surface area contributed by atoms with E-state index in [1.165, 1.54) is 0 Å². The van der Waals surface area contributed by atoms with E-state index in [1.54, 1.807) is 13.8 Å². The van der Waals surface area contributed by atoms with Crippen LogP contribution in [0.3, 0.4) is 0 Å². The maximum atomic E-state index is 12.2. The molecule has 0 fully saturated rings. The monoisotopic (exact) mass is 304 g/mol. The molecule has 0 aliphatic carbocycles. The van der Waals surface area contributed by atoms with Gasteiger partial charge in [-0.1, -0.05) is 6.92 Å². The Morgan fingerprint density at radius 1 is 1.40 bits per heavy atom. The second kappa shape index (κ2) is 6.53. The minimum Gasteiger partial charge on any atom is -0.477 e. The number of aromatic amines is 1. The largest absolute Gasteiger partial charge is 0.477 e. The van der Waals surface area contributed by atoms with E-state index in [2.05, 4.69) is 4.98 Å². The normalized spacial score (nSPS) is 11.6. The van der Waals surface area contributed by atoms with Crippen molar-refractivity contribution in [1.82, 2.24) is 9.29 Å². The van der Waals surface area contributed by atoms with Crippen LogP contribution in [0.5, 0.6) is 0 Å². The van der Waals surface area contributed by atoms with E-state index in [-0.39, 0.29) is 23.7 Å². The fourth-order valence-corrected chi connectivity index (χ4v) is 2.90. The first-order valence-electron chi connectivity index (χ1n) is 5.90. The number of esters is 1. The summed E-state index contributed by atoms with van der Waals surface area (Å²) in [6, 6.07) is 1.01. The minimum atomic E-state index is -3.94. The second-order valence-electron chi connectivity index (χ2n) is 3.79. The number of likely N-dealkylation sites (N-methyl/N-ethyl adjacent to an activating group) is 1. The highest BCUT2D eigenvalue weighted by atomic mass is 32.2. The molecule has 1 aromatic rings. The van der Waals surface area contributed by atoms with Gasteiger partial charge < -0.3 is 14.8 Å². The van der Waals surface area contributed by atoms with Crippen LogP contribution in [0, 0.1) is 0 Å². The third-order valence-electron chi connectivity index (χ3n) is 2.49. The standard InChI is InChI=1S/C11H16N2O6S/c1-3-13(7-10(14)19-4-2)20(17,18)8-5-9(11(15)16)12-6-8/h5-6,12H,3-4,7H2,1-2H3,(H,15,16). The zero-order valence-electron chi connectivity index (χ0n) is 11.1. The van der Waals surface area contributed by atoms with Gasteiger partial charge >= 0.3 is 11.9 Å². The number of aromatic carboxylic acids is 1. The number of sulfonamides is 1. The third kappa shape index (κ3) is 3.58. The van der Waals surface area contributed by atoms with Gasteiger partial charge in [0, 0.05) is 12.7 Å². The van der Waals surface area contributed by atoms with Gasteiger partial charge in [0.15, 0.2) is 0 Å². The van der Waals surface area contributed by atoms with Crippen molar-refractivity contribution >= 4 is 22.0 Å². The van der Waals surface area contributed by atoms with Gasteiger partial charge in [-0.3, -0.25) is 4.79 Å². The molecule has 0 bridgehead atoms. The van der Waals surface area contributed by atoms with Crippen molar-refractivity contribution in [3.8, 4) is 0 Å². The highest BCUT2D eigenvalue weighted by molar-refractivity contribution is 7.89. The molecule has 0 saturated carbocycles. The Balaban J connectivity index is 2.99. The number of nitrogens with zero attached hydrogens (tertiary/aromatic N) is 1. The molecule has 0 radical (unpaired) electrons. The Labute approximate surface area is 116 Å². The number of carbonyl (C=O) groups is 2. The van der Waals surface area contributed by atoms with Crippen molar-refractivity contribution in [2.75, 3.05) is 19.7 Å². The molecule has 0 unspecified atom stereocenters. The summed E-state index contributed by atoms with van der Waals surface area (Å²) < 4.78 is 30.1. The quantitative estimate of drug-likeness (QED) is 0.699. The number of H-pyrrole nitrogens is 1. The van der Waals surface area contributed by atoms with E-state index >= 15 is 0 Å². The Bertz CT molecular complexity index is 592. The van der Waals surface area contributed by atoms with E-state index in [4.69, 9.17) is 9.84 Å². The van der Waals surface area contributed by atoms with Gasteiger partial charge in [0.25, 0.3) is 0 Å². The van der Waals surface area contributed by atoms with Gasteiger partial charge in [0.2, 0.25) is 10.0 Å². The lowest BCUT2D eigenvalue weighted by Gasteiger charge is -2.18. The van der Waals surface area contributed by atoms with Crippen molar-refractivity contribution < 1.29 is 27.9 Å². The molecule has 8 nitrogen and oxygen atoms in total. The first-order valence-corrected chi connectivity index (χ1v) is 7.34. The maximum Gasteiger partial charge on any atom is 0.352 e. The van der Waals surface area contributed by atoms with Crippen LogP contribution < -0.4 is 0 Å². The zero-order valence-corrected chi connectivity index (χ0v) is 11.9. The number of carboxylic acid groups (broad SMARTS) is 1. The molecule has 0 spiro atoms. The van der Waals surface area contributed by atoms with Crippen LogP contribution in [0.4, 0.5) is 0 Å². The number of rotatable bonds is 7. The molecule has 20 heavy (non-hydrogen) atoms. The van der Waals surface area contributed by atoms with Crippen LogP contribution in [0.2, 0.25) is 0 Å². The Hall–Kier alpha value is -1.87. The number of carboxylic acids is 1. The summed E-state index contributed by atoms with van der Waals surface area (Å²) in [6.45, 7) is 2.99. The zero-order chi connectivity index (χ0) is 15.3. The highest BCUT2D eigenvalue weighted by Gasteiger charge is 2.27. The van der Waals surface area contributed by atoms with Crippen molar-refractivity contribution in [2.45, 2.75) is 18.7 Å². The number of carbonyl (C=O) groups excluding carboxylic acids is 1. The van der Waals surface area contributed by atoms with E-state index < -0.39 is 28.5 Å². The number of hydrogen-bond donors (Lipinski definition) is 2. The van der Waals surface area contributed by atoms with E-state index in [0.29, 0.717) is 0 Å². The lowest BCUT2D eigenvalue weighted by molar-refractivity contribution is -0.143. The molecular weight excluding hydrogens is 288 g/mol. The first-order chi connectivity index (χ1) is 9.32. The molecular formula is C11H16N2O6S. The van der Waals surface area contributed by atoms with Crippen LogP contribution in [0.1, 0.15) is 24.3 Å². The minimum absolute atomic E-state index is 0.0642. The van der Waals surface area contributed by atoms with E-state index in [0.717, 1.165) is 16.6 Å². The van der Waals surface area contributed by atoms with E-state index in [1.807, 2.05) is 0 Å². The molecule has 0 aliphatic rings. The number of aromatic nitrogens is 1. The predicted octanol–water partition coefficient (Wildman–Crippen LogP) is 0.287. The fourth-order valence-electron chi connectivity index (χ4n) is 1.51. The lowest BCUT2D eigenvalue weighted by Crippen LogP contribution is -2.36. The van der Waals surface area contributed by atoms with Gasteiger partial charge in [-0.25, -0.2) is 13.2 Å². The first kappa shape index (κ1) is 16.2. The fraction of sp³-hybridized carbons (Fsp3) is 0.455. The molecule has 0 amide bonds. The van der Waals surface area contributed by atoms with Crippen LogP contribution >= 0.6 is 0 Å². The molecule has 112 valence electrons. The summed E-state index contributed by atoms with van der Waals surface area (Å²) in [4.78, 5) is 24.2. The molecule has 0 aromatic carbocycles. The van der Waals surface area contributed by atoms with E-state index in [9.17, 15) is 18.0 Å². The van der Waals surface area contributed by atoms with Gasteiger partial charge in [-0.05, 0) is 13.0 Å². The van der Waals surface area contributed by atoms with Crippen molar-refractivity contribution in [3.63, 3.8) is 0 Å². The number of ether oxygens (including phenoxy) is 1. The molecule has 0 saturated heterocycles. The Morgan fingerprint density at radius 3 is 2.50 bits per heavy atom. The predicted molar refractivity (Wildman–Crippen MR) is 68.8 cm³/mol. The van der Waals surface area contributed by atoms with Gasteiger partial charge in [0.05, 0.1) is 6.61 Å². The molecule has 1 heterocycles. The summed E-state index contributed by atoms with van der Waals surface area (Å²) >= 11 is 0. The molecule has 0 atom stereocenters. The maximum absolute atomic E-state index is 12.2. The molecule has 2 N–H and O–H groups in total. The smallest absolute Gasteiger partial charge is 0.352 e. The van der Waals surface area contributed by atoms with Gasteiger partial charge in [0.1, 0.15) is 17.1 Å². The number of nitrogens with one attached hydrogen (secondary N) is 1.